The van der Waals surface area contributed by atoms with Crippen LogP contribution in [0.3, 0.4) is 0 Å². The van der Waals surface area contributed by atoms with Crippen LogP contribution in [0.15, 0.2) is 42.5 Å². The predicted octanol–water partition coefficient (Wildman–Crippen LogP) is 4.09. The van der Waals surface area contributed by atoms with Crippen LogP contribution in [0, 0.1) is 0 Å². The van der Waals surface area contributed by atoms with E-state index in [4.69, 9.17) is 9.47 Å². The van der Waals surface area contributed by atoms with Crippen LogP contribution >= 0.6 is 0 Å². The molecule has 0 radical (unpaired) electrons. The molecule has 1 fully saturated rings. The Balaban J connectivity index is 2.03. The van der Waals surface area contributed by atoms with Gasteiger partial charge in [-0.25, -0.2) is 0 Å². The van der Waals surface area contributed by atoms with Crippen LogP contribution in [0.25, 0.3) is 0 Å². The summed E-state index contributed by atoms with van der Waals surface area (Å²) in [5.41, 5.74) is 0.624. The highest BCUT2D eigenvalue weighted by molar-refractivity contribution is 6.91. The van der Waals surface area contributed by atoms with Crippen molar-refractivity contribution >= 4 is 13.3 Å². The molecule has 0 aromatic heterocycles. The van der Waals surface area contributed by atoms with Gasteiger partial charge in [-0.3, -0.25) is 0 Å². The molecule has 1 aromatic rings. The zero-order chi connectivity index (χ0) is 15.1. The number of allylic oxidation sites excluding steroid dienone is 2. The summed E-state index contributed by atoms with van der Waals surface area (Å²) in [7, 11) is -1.51. The lowest BCUT2D eigenvalue weighted by molar-refractivity contribution is -0.181. The van der Waals surface area contributed by atoms with Crippen molar-refractivity contribution in [2.45, 2.75) is 51.1 Å². The highest BCUT2D eigenvalue weighted by Gasteiger charge is 2.32. The van der Waals surface area contributed by atoms with Crippen LogP contribution in [-0.2, 0) is 9.47 Å². The zero-order valence-corrected chi connectivity index (χ0v) is 14.5. The molecular formula is C18H28O2Si. The lowest BCUT2D eigenvalue weighted by Gasteiger charge is -2.33. The second-order valence-electron chi connectivity index (χ2n) is 6.32. The van der Waals surface area contributed by atoms with Crippen molar-refractivity contribution in [1.29, 1.82) is 0 Å². The number of hydrogen-bond acceptors (Lipinski definition) is 2. The van der Waals surface area contributed by atoms with Gasteiger partial charge in [-0.15, -0.1) is 0 Å². The third kappa shape index (κ3) is 4.53. The SMILES string of the molecule is C/C=C/C(CCC1OCCCO1)[Si](C)(C)c1ccccc1. The summed E-state index contributed by atoms with van der Waals surface area (Å²) in [6.07, 6.45) is 7.76. The van der Waals surface area contributed by atoms with Crippen molar-refractivity contribution in [1.82, 2.24) is 0 Å². The quantitative estimate of drug-likeness (QED) is 0.582. The van der Waals surface area contributed by atoms with Gasteiger partial charge in [0.25, 0.3) is 0 Å². The van der Waals surface area contributed by atoms with Crippen LogP contribution in [0.2, 0.25) is 18.6 Å². The molecule has 2 rings (SSSR count). The van der Waals surface area contributed by atoms with E-state index in [0.717, 1.165) is 32.5 Å². The molecule has 0 bridgehead atoms. The van der Waals surface area contributed by atoms with Gasteiger partial charge in [0.05, 0.1) is 21.3 Å². The van der Waals surface area contributed by atoms with E-state index in [9.17, 15) is 0 Å². The lowest BCUT2D eigenvalue weighted by Crippen LogP contribution is -2.45. The first-order valence-corrected chi connectivity index (χ1v) is 11.1. The van der Waals surface area contributed by atoms with E-state index >= 15 is 0 Å². The second-order valence-corrected chi connectivity index (χ2v) is 11.1. The van der Waals surface area contributed by atoms with Gasteiger partial charge in [0.15, 0.2) is 6.29 Å². The summed E-state index contributed by atoms with van der Waals surface area (Å²) in [6.45, 7) is 8.75. The van der Waals surface area contributed by atoms with Crippen molar-refractivity contribution in [3.05, 3.63) is 42.5 Å². The Labute approximate surface area is 130 Å². The van der Waals surface area contributed by atoms with Crippen molar-refractivity contribution in [2.24, 2.45) is 0 Å². The molecule has 1 atom stereocenters. The molecule has 3 heteroatoms. The third-order valence-corrected chi connectivity index (χ3v) is 8.64. The van der Waals surface area contributed by atoms with E-state index in [2.05, 4.69) is 62.5 Å². The molecule has 0 amide bonds. The Kier molecular flexibility index (Phi) is 6.21. The Hall–Kier alpha value is -0.903. The maximum atomic E-state index is 5.69. The molecule has 0 aliphatic carbocycles. The zero-order valence-electron chi connectivity index (χ0n) is 13.5. The summed E-state index contributed by atoms with van der Waals surface area (Å²) in [5.74, 6) is 0. The molecule has 1 aliphatic heterocycles. The second kappa shape index (κ2) is 7.92. The Bertz CT molecular complexity index is 436. The van der Waals surface area contributed by atoms with Gasteiger partial charge in [-0.2, -0.15) is 0 Å². The first-order chi connectivity index (χ1) is 10.1. The largest absolute Gasteiger partial charge is 0.353 e. The molecule has 0 saturated carbocycles. The van der Waals surface area contributed by atoms with Crippen molar-refractivity contribution in [3.63, 3.8) is 0 Å². The summed E-state index contributed by atoms with van der Waals surface area (Å²) < 4.78 is 11.4. The summed E-state index contributed by atoms with van der Waals surface area (Å²) in [6, 6.07) is 11.0. The van der Waals surface area contributed by atoms with E-state index in [1.807, 2.05) is 0 Å². The fraction of sp³-hybridized carbons (Fsp3) is 0.556. The van der Waals surface area contributed by atoms with Crippen LogP contribution in [0.1, 0.15) is 26.2 Å². The van der Waals surface area contributed by atoms with Crippen molar-refractivity contribution in [3.8, 4) is 0 Å². The van der Waals surface area contributed by atoms with Crippen LogP contribution in [0.4, 0.5) is 0 Å². The first-order valence-electron chi connectivity index (χ1n) is 8.06. The standard InChI is InChI=1S/C18H28O2Si/c1-4-9-16(12-13-18-19-14-8-15-20-18)21(2,3)17-10-6-5-7-11-17/h4-7,9-11,16,18H,8,12-15H2,1-3H3/b9-4+. The Morgan fingerprint density at radius 1 is 1.19 bits per heavy atom. The van der Waals surface area contributed by atoms with Gasteiger partial charge in [0.2, 0.25) is 0 Å². The maximum absolute atomic E-state index is 5.69. The van der Waals surface area contributed by atoms with E-state index < -0.39 is 8.07 Å². The smallest absolute Gasteiger partial charge is 0.157 e. The topological polar surface area (TPSA) is 18.5 Å². The minimum Gasteiger partial charge on any atom is -0.353 e. The van der Waals surface area contributed by atoms with Gasteiger partial charge in [-0.1, -0.05) is 60.8 Å². The van der Waals surface area contributed by atoms with Gasteiger partial charge >= 0.3 is 0 Å². The average Bonchev–Trinajstić information content (AvgIpc) is 2.53. The molecule has 0 spiro atoms. The van der Waals surface area contributed by atoms with Crippen LogP contribution < -0.4 is 5.19 Å². The van der Waals surface area contributed by atoms with Gasteiger partial charge in [0.1, 0.15) is 0 Å². The summed E-state index contributed by atoms with van der Waals surface area (Å²) in [5, 5.41) is 1.53. The fourth-order valence-corrected chi connectivity index (χ4v) is 6.07. The number of benzene rings is 1. The van der Waals surface area contributed by atoms with Gasteiger partial charge < -0.3 is 9.47 Å². The summed E-state index contributed by atoms with van der Waals surface area (Å²) >= 11 is 0. The van der Waals surface area contributed by atoms with E-state index in [1.54, 1.807) is 0 Å². The van der Waals surface area contributed by atoms with Crippen molar-refractivity contribution < 1.29 is 9.47 Å². The normalized spacial score (nSPS) is 19.0. The van der Waals surface area contributed by atoms with Crippen molar-refractivity contribution in [2.75, 3.05) is 13.2 Å². The van der Waals surface area contributed by atoms with Gasteiger partial charge in [-0.05, 0) is 31.7 Å². The number of rotatable bonds is 6. The van der Waals surface area contributed by atoms with Crippen LogP contribution in [-0.4, -0.2) is 27.6 Å². The molecule has 1 heterocycles. The van der Waals surface area contributed by atoms with Gasteiger partial charge in [0, 0.05) is 0 Å². The average molecular weight is 305 g/mol. The summed E-state index contributed by atoms with van der Waals surface area (Å²) in [4.78, 5) is 0. The van der Waals surface area contributed by atoms with Crippen LogP contribution in [0.5, 0.6) is 0 Å². The predicted molar refractivity (Wildman–Crippen MR) is 91.7 cm³/mol. The van der Waals surface area contributed by atoms with E-state index in [0.29, 0.717) is 5.54 Å². The minimum atomic E-state index is -1.51. The first kappa shape index (κ1) is 16.5. The molecular weight excluding hydrogens is 276 g/mol. The molecule has 1 aromatic carbocycles. The lowest BCUT2D eigenvalue weighted by atomic mass is 10.2. The maximum Gasteiger partial charge on any atom is 0.157 e. The highest BCUT2D eigenvalue weighted by atomic mass is 28.3. The highest BCUT2D eigenvalue weighted by Crippen LogP contribution is 2.30. The Morgan fingerprint density at radius 2 is 1.86 bits per heavy atom. The Morgan fingerprint density at radius 3 is 2.48 bits per heavy atom. The molecule has 1 aliphatic rings. The number of hydrogen-bond donors (Lipinski definition) is 0. The van der Waals surface area contributed by atoms with E-state index in [1.165, 1.54) is 5.19 Å². The molecule has 0 N–H and O–H groups in total. The molecule has 1 unspecified atom stereocenters. The molecule has 21 heavy (non-hydrogen) atoms. The number of ether oxygens (including phenoxy) is 2. The third-order valence-electron chi connectivity index (χ3n) is 4.48. The fourth-order valence-electron chi connectivity index (χ4n) is 3.03. The minimum absolute atomic E-state index is 0.00656. The monoisotopic (exact) mass is 304 g/mol. The van der Waals surface area contributed by atoms with E-state index in [-0.39, 0.29) is 6.29 Å². The molecule has 1 saturated heterocycles. The molecule has 2 nitrogen and oxygen atoms in total. The molecule has 116 valence electrons.